The van der Waals surface area contributed by atoms with E-state index in [0.717, 1.165) is 35.4 Å². The summed E-state index contributed by atoms with van der Waals surface area (Å²) >= 11 is 0. The molecule has 0 spiro atoms. The zero-order chi connectivity index (χ0) is 18.4. The van der Waals surface area contributed by atoms with Crippen molar-refractivity contribution in [2.24, 2.45) is 0 Å². The number of carbonyl (C=O) groups excluding carboxylic acids is 1. The number of nitrogens with zero attached hydrogens (tertiary/aromatic N) is 6. The molecule has 0 aliphatic heterocycles. The molecule has 1 N–H and O–H groups in total. The Kier molecular flexibility index (Phi) is 3.49. The fourth-order valence-electron chi connectivity index (χ4n) is 3.01. The van der Waals surface area contributed by atoms with Crippen molar-refractivity contribution in [3.8, 4) is 5.69 Å². The summed E-state index contributed by atoms with van der Waals surface area (Å²) in [5.41, 5.74) is 3.70. The van der Waals surface area contributed by atoms with Gasteiger partial charge in [0, 0.05) is 17.8 Å². The third-order valence-electron chi connectivity index (χ3n) is 4.74. The third-order valence-corrected chi connectivity index (χ3v) is 4.74. The molecule has 3 heterocycles. The van der Waals surface area contributed by atoms with Crippen molar-refractivity contribution < 1.29 is 4.79 Å². The van der Waals surface area contributed by atoms with Crippen molar-refractivity contribution in [1.82, 2.24) is 29.8 Å². The predicted molar refractivity (Wildman–Crippen MR) is 99.0 cm³/mol. The van der Waals surface area contributed by atoms with Crippen LogP contribution in [0.4, 0.5) is 5.69 Å². The highest BCUT2D eigenvalue weighted by Crippen LogP contribution is 2.37. The van der Waals surface area contributed by atoms with Crippen LogP contribution in [0.1, 0.15) is 40.5 Å². The number of aromatic nitrogens is 6. The van der Waals surface area contributed by atoms with Gasteiger partial charge in [-0.15, -0.1) is 15.0 Å². The maximum Gasteiger partial charge on any atom is 0.259 e. The van der Waals surface area contributed by atoms with Crippen LogP contribution in [-0.4, -0.2) is 35.7 Å². The molecule has 1 aliphatic rings. The van der Waals surface area contributed by atoms with Crippen molar-refractivity contribution in [1.29, 1.82) is 0 Å². The Morgan fingerprint density at radius 3 is 2.96 bits per heavy atom. The lowest BCUT2D eigenvalue weighted by Crippen LogP contribution is -2.13. The van der Waals surface area contributed by atoms with E-state index in [-0.39, 0.29) is 5.91 Å². The van der Waals surface area contributed by atoms with Gasteiger partial charge in [0.25, 0.3) is 5.91 Å². The average molecular weight is 359 g/mol. The highest BCUT2D eigenvalue weighted by molar-refractivity contribution is 6.09. The summed E-state index contributed by atoms with van der Waals surface area (Å²) in [7, 11) is 0. The second-order valence-electron chi connectivity index (χ2n) is 6.75. The number of hydrogen-bond acceptors (Lipinski definition) is 5. The Morgan fingerprint density at radius 2 is 2.11 bits per heavy atom. The Balaban J connectivity index is 1.44. The Hall–Kier alpha value is -3.55. The minimum atomic E-state index is -0.207. The molecule has 0 saturated heterocycles. The molecule has 0 radical (unpaired) electrons. The molecule has 1 saturated carbocycles. The van der Waals surface area contributed by atoms with E-state index in [2.05, 4.69) is 25.8 Å². The van der Waals surface area contributed by atoms with Crippen LogP contribution in [0.5, 0.6) is 0 Å². The first-order valence-electron chi connectivity index (χ1n) is 8.84. The molecule has 5 rings (SSSR count). The summed E-state index contributed by atoms with van der Waals surface area (Å²) in [4.78, 5) is 14.3. The first kappa shape index (κ1) is 15.7. The normalized spacial score (nSPS) is 13.8. The monoisotopic (exact) mass is 359 g/mol. The lowest BCUT2D eigenvalue weighted by molar-refractivity contribution is 0.102. The third kappa shape index (κ3) is 2.84. The van der Waals surface area contributed by atoms with Crippen LogP contribution in [0.3, 0.4) is 0 Å². The van der Waals surface area contributed by atoms with Gasteiger partial charge in [-0.3, -0.25) is 4.79 Å². The topological polar surface area (TPSA) is 90.0 Å². The van der Waals surface area contributed by atoms with Gasteiger partial charge in [0.05, 0.1) is 23.0 Å². The van der Waals surface area contributed by atoms with Crippen molar-refractivity contribution >= 4 is 17.1 Å². The van der Waals surface area contributed by atoms with Crippen LogP contribution in [0.2, 0.25) is 0 Å². The maximum absolute atomic E-state index is 12.8. The first-order valence-corrected chi connectivity index (χ1v) is 8.84. The molecule has 1 aliphatic carbocycles. The van der Waals surface area contributed by atoms with Gasteiger partial charge in [0.2, 0.25) is 0 Å². The number of tetrazole rings is 1. The number of aryl methyl sites for hydroxylation is 1. The summed E-state index contributed by atoms with van der Waals surface area (Å²) < 4.78 is 1.68. The van der Waals surface area contributed by atoms with Crippen LogP contribution in [0.25, 0.3) is 11.2 Å². The largest absolute Gasteiger partial charge is 0.322 e. The lowest BCUT2D eigenvalue weighted by atomic mass is 10.1. The number of anilines is 1. The first-order chi connectivity index (χ1) is 13.2. The lowest BCUT2D eigenvalue weighted by Gasteiger charge is -2.09. The standard InChI is InChI=1S/C19H17N7O/c1-12-5-8-14(26-23-18(22-24-26)13-6-7-13)10-16(12)21-19(27)15-11-20-25-9-3-2-4-17(15)25/h2-5,8-11,13H,6-7H2,1H3,(H,21,27). The van der Waals surface area contributed by atoms with Crippen LogP contribution < -0.4 is 5.32 Å². The molecule has 27 heavy (non-hydrogen) atoms. The quantitative estimate of drug-likeness (QED) is 0.605. The van der Waals surface area contributed by atoms with Gasteiger partial charge in [-0.2, -0.15) is 5.10 Å². The number of hydrogen-bond donors (Lipinski definition) is 1. The van der Waals surface area contributed by atoms with Gasteiger partial charge < -0.3 is 5.32 Å². The van der Waals surface area contributed by atoms with E-state index in [9.17, 15) is 4.79 Å². The fraction of sp³-hybridized carbons (Fsp3) is 0.211. The van der Waals surface area contributed by atoms with Crippen molar-refractivity contribution in [2.45, 2.75) is 25.7 Å². The molecule has 1 aromatic carbocycles. The molecule has 0 bridgehead atoms. The van der Waals surface area contributed by atoms with E-state index in [1.807, 2.05) is 49.5 Å². The molecule has 8 nitrogen and oxygen atoms in total. The van der Waals surface area contributed by atoms with Gasteiger partial charge >= 0.3 is 0 Å². The SMILES string of the molecule is Cc1ccc(-n2nnc(C3CC3)n2)cc1NC(=O)c1cnn2ccccc12. The van der Waals surface area contributed by atoms with Crippen molar-refractivity contribution in [3.05, 3.63) is 65.7 Å². The number of amides is 1. The number of fused-ring (bicyclic) bond motifs is 1. The number of carbonyl (C=O) groups is 1. The average Bonchev–Trinajstić information content (AvgIpc) is 3.25. The molecule has 0 unspecified atom stereocenters. The van der Waals surface area contributed by atoms with Gasteiger partial charge in [-0.25, -0.2) is 4.52 Å². The molecule has 8 heteroatoms. The van der Waals surface area contributed by atoms with E-state index in [1.165, 1.54) is 4.80 Å². The van der Waals surface area contributed by atoms with Gasteiger partial charge in [0.1, 0.15) is 0 Å². The van der Waals surface area contributed by atoms with Crippen LogP contribution in [0.15, 0.2) is 48.8 Å². The van der Waals surface area contributed by atoms with E-state index in [0.29, 0.717) is 17.2 Å². The van der Waals surface area contributed by atoms with E-state index in [4.69, 9.17) is 0 Å². The molecule has 134 valence electrons. The zero-order valence-electron chi connectivity index (χ0n) is 14.7. The highest BCUT2D eigenvalue weighted by Gasteiger charge is 2.28. The van der Waals surface area contributed by atoms with Gasteiger partial charge in [0.15, 0.2) is 5.82 Å². The minimum absolute atomic E-state index is 0.207. The number of pyridine rings is 1. The molecule has 1 amide bonds. The highest BCUT2D eigenvalue weighted by atomic mass is 16.1. The van der Waals surface area contributed by atoms with Crippen LogP contribution in [0, 0.1) is 6.92 Å². The number of nitrogens with one attached hydrogen (secondary N) is 1. The smallest absolute Gasteiger partial charge is 0.259 e. The number of rotatable bonds is 4. The fourth-order valence-corrected chi connectivity index (χ4v) is 3.01. The Labute approximate surface area is 154 Å². The Bertz CT molecular complexity index is 1160. The molecule has 4 aromatic rings. The summed E-state index contributed by atoms with van der Waals surface area (Å²) in [5, 5.41) is 19.9. The molecular weight excluding hydrogens is 342 g/mol. The molecule has 3 aromatic heterocycles. The number of benzene rings is 1. The summed E-state index contributed by atoms with van der Waals surface area (Å²) in [6.07, 6.45) is 5.64. The summed E-state index contributed by atoms with van der Waals surface area (Å²) in [6.45, 7) is 1.94. The summed E-state index contributed by atoms with van der Waals surface area (Å²) in [5.74, 6) is 1.02. The van der Waals surface area contributed by atoms with Crippen molar-refractivity contribution in [3.63, 3.8) is 0 Å². The zero-order valence-corrected chi connectivity index (χ0v) is 14.7. The van der Waals surface area contributed by atoms with Crippen LogP contribution in [-0.2, 0) is 0 Å². The second-order valence-corrected chi connectivity index (χ2v) is 6.75. The van der Waals surface area contributed by atoms with E-state index in [1.54, 1.807) is 10.7 Å². The van der Waals surface area contributed by atoms with Gasteiger partial charge in [-0.05, 0) is 54.8 Å². The van der Waals surface area contributed by atoms with Crippen molar-refractivity contribution in [2.75, 3.05) is 5.32 Å². The molecule has 0 atom stereocenters. The maximum atomic E-state index is 12.8. The van der Waals surface area contributed by atoms with E-state index < -0.39 is 0 Å². The Morgan fingerprint density at radius 1 is 1.22 bits per heavy atom. The predicted octanol–water partition coefficient (Wildman–Crippen LogP) is 2.75. The molecular formula is C19H17N7O. The van der Waals surface area contributed by atoms with E-state index >= 15 is 0 Å². The summed E-state index contributed by atoms with van der Waals surface area (Å²) in [6, 6.07) is 11.3. The molecule has 1 fully saturated rings. The minimum Gasteiger partial charge on any atom is -0.322 e. The van der Waals surface area contributed by atoms with Crippen LogP contribution >= 0.6 is 0 Å². The van der Waals surface area contributed by atoms with Gasteiger partial charge in [-0.1, -0.05) is 12.1 Å². The second kappa shape index (κ2) is 6.01.